The molecule has 2 amide bonds. The van der Waals surface area contributed by atoms with Crippen molar-refractivity contribution in [1.82, 2.24) is 10.6 Å². The van der Waals surface area contributed by atoms with Crippen LogP contribution in [0.3, 0.4) is 0 Å². The molecule has 26 heavy (non-hydrogen) atoms. The third-order valence-corrected chi connectivity index (χ3v) is 3.94. The molecule has 1 aromatic carbocycles. The molecule has 2 unspecified atom stereocenters. The van der Waals surface area contributed by atoms with E-state index in [1.807, 2.05) is 12.2 Å². The molecule has 0 aliphatic carbocycles. The van der Waals surface area contributed by atoms with Crippen molar-refractivity contribution in [3.8, 4) is 5.75 Å². The van der Waals surface area contributed by atoms with Gasteiger partial charge in [0.25, 0.3) is 5.91 Å². The number of fused-ring (bicyclic) bond motifs is 1. The first kappa shape index (κ1) is 20.0. The van der Waals surface area contributed by atoms with E-state index in [1.54, 1.807) is 25.1 Å². The topological polar surface area (TPSA) is 79.5 Å². The SMILES string of the molecule is CCCCC(NCc1ccc2c(c1)NC(=O)C(C)O2)NC(=O)C(F)(F)F. The standard InChI is InChI=1S/C17H22F3N3O3/c1-3-4-5-14(23-16(25)17(18,19)20)21-9-11-6-7-13-12(8-11)22-15(24)10(2)26-13/h6-8,10,14,21H,3-5,9H2,1-2H3,(H,22,24)(H,23,25). The molecule has 0 bridgehead atoms. The van der Waals surface area contributed by atoms with Gasteiger partial charge in [0.05, 0.1) is 11.9 Å². The average Bonchev–Trinajstić information content (AvgIpc) is 2.57. The number of alkyl halides is 3. The summed E-state index contributed by atoms with van der Waals surface area (Å²) in [4.78, 5) is 22.8. The fourth-order valence-electron chi connectivity index (χ4n) is 2.48. The maximum atomic E-state index is 12.5. The molecule has 0 fully saturated rings. The molecule has 0 aromatic heterocycles. The molecule has 0 radical (unpaired) electrons. The van der Waals surface area contributed by atoms with Crippen LogP contribution in [0.25, 0.3) is 0 Å². The highest BCUT2D eigenvalue weighted by molar-refractivity contribution is 5.97. The van der Waals surface area contributed by atoms with Gasteiger partial charge >= 0.3 is 12.1 Å². The molecule has 1 heterocycles. The minimum absolute atomic E-state index is 0.227. The van der Waals surface area contributed by atoms with Crippen molar-refractivity contribution >= 4 is 17.5 Å². The Bertz CT molecular complexity index is 664. The lowest BCUT2D eigenvalue weighted by Gasteiger charge is -2.24. The molecule has 9 heteroatoms. The van der Waals surface area contributed by atoms with Gasteiger partial charge in [-0.25, -0.2) is 0 Å². The van der Waals surface area contributed by atoms with E-state index in [4.69, 9.17) is 4.74 Å². The van der Waals surface area contributed by atoms with Crippen molar-refractivity contribution in [1.29, 1.82) is 0 Å². The Labute approximate surface area is 149 Å². The zero-order chi connectivity index (χ0) is 19.3. The predicted molar refractivity (Wildman–Crippen MR) is 89.5 cm³/mol. The van der Waals surface area contributed by atoms with E-state index in [1.165, 1.54) is 0 Å². The molecule has 0 saturated carbocycles. The highest BCUT2D eigenvalue weighted by Gasteiger charge is 2.39. The fourth-order valence-corrected chi connectivity index (χ4v) is 2.48. The largest absolute Gasteiger partial charge is 0.479 e. The van der Waals surface area contributed by atoms with Crippen LogP contribution in [0, 0.1) is 0 Å². The van der Waals surface area contributed by atoms with Crippen molar-refractivity contribution in [3.63, 3.8) is 0 Å². The normalized spacial score (nSPS) is 17.7. The summed E-state index contributed by atoms with van der Waals surface area (Å²) in [5.74, 6) is -1.69. The number of halogens is 3. The lowest BCUT2D eigenvalue weighted by Crippen LogP contribution is -2.49. The van der Waals surface area contributed by atoms with Crippen LogP contribution in [0.5, 0.6) is 5.75 Å². The van der Waals surface area contributed by atoms with E-state index in [2.05, 4.69) is 10.6 Å². The number of carbonyl (C=O) groups is 2. The Morgan fingerprint density at radius 3 is 2.77 bits per heavy atom. The minimum Gasteiger partial charge on any atom is -0.479 e. The second-order valence-corrected chi connectivity index (χ2v) is 6.13. The number of unbranched alkanes of at least 4 members (excludes halogenated alkanes) is 1. The van der Waals surface area contributed by atoms with Crippen LogP contribution in [-0.4, -0.2) is 30.3 Å². The molecular weight excluding hydrogens is 351 g/mol. The maximum Gasteiger partial charge on any atom is 0.471 e. The summed E-state index contributed by atoms with van der Waals surface area (Å²) >= 11 is 0. The second kappa shape index (κ2) is 8.39. The summed E-state index contributed by atoms with van der Waals surface area (Å²) < 4.78 is 42.8. The van der Waals surface area contributed by atoms with Crippen LogP contribution in [-0.2, 0) is 16.1 Å². The molecule has 144 valence electrons. The van der Waals surface area contributed by atoms with Crippen LogP contribution in [0.4, 0.5) is 18.9 Å². The van der Waals surface area contributed by atoms with Gasteiger partial charge in [0.1, 0.15) is 5.75 Å². The number of anilines is 1. The minimum atomic E-state index is -4.92. The van der Waals surface area contributed by atoms with Crippen LogP contribution < -0.4 is 20.7 Å². The predicted octanol–water partition coefficient (Wildman–Crippen LogP) is 2.69. The van der Waals surface area contributed by atoms with Crippen molar-refractivity contribution in [2.24, 2.45) is 0 Å². The number of benzene rings is 1. The van der Waals surface area contributed by atoms with E-state index < -0.39 is 24.4 Å². The lowest BCUT2D eigenvalue weighted by molar-refractivity contribution is -0.174. The lowest BCUT2D eigenvalue weighted by atomic mass is 10.1. The van der Waals surface area contributed by atoms with Gasteiger partial charge in [0, 0.05) is 6.54 Å². The summed E-state index contributed by atoms with van der Waals surface area (Å²) in [6.45, 7) is 3.77. The highest BCUT2D eigenvalue weighted by Crippen LogP contribution is 2.30. The van der Waals surface area contributed by atoms with Gasteiger partial charge in [-0.15, -0.1) is 0 Å². The summed E-state index contributed by atoms with van der Waals surface area (Å²) in [5, 5.41) is 7.60. The van der Waals surface area contributed by atoms with Crippen LogP contribution in [0.15, 0.2) is 18.2 Å². The average molecular weight is 373 g/mol. The Morgan fingerprint density at radius 2 is 2.12 bits per heavy atom. The third-order valence-electron chi connectivity index (χ3n) is 3.94. The van der Waals surface area contributed by atoms with E-state index in [0.29, 0.717) is 24.3 Å². The van der Waals surface area contributed by atoms with Crippen molar-refractivity contribution < 1.29 is 27.5 Å². The highest BCUT2D eigenvalue weighted by atomic mass is 19.4. The molecule has 2 atom stereocenters. The van der Waals surface area contributed by atoms with E-state index in [-0.39, 0.29) is 12.5 Å². The molecule has 0 saturated heterocycles. The van der Waals surface area contributed by atoms with Crippen LogP contribution in [0.1, 0.15) is 38.7 Å². The molecule has 1 aliphatic rings. The first-order valence-electron chi connectivity index (χ1n) is 8.42. The van der Waals surface area contributed by atoms with E-state index in [9.17, 15) is 22.8 Å². The fraction of sp³-hybridized carbons (Fsp3) is 0.529. The summed E-state index contributed by atoms with van der Waals surface area (Å²) in [6, 6.07) is 5.13. The van der Waals surface area contributed by atoms with Gasteiger partial charge in [-0.3, -0.25) is 14.9 Å². The molecule has 3 N–H and O–H groups in total. The first-order valence-corrected chi connectivity index (χ1v) is 8.42. The van der Waals surface area contributed by atoms with Crippen molar-refractivity contribution in [3.05, 3.63) is 23.8 Å². The number of rotatable bonds is 7. The number of amides is 2. The summed E-state index contributed by atoms with van der Waals surface area (Å²) in [7, 11) is 0. The van der Waals surface area contributed by atoms with Crippen LogP contribution in [0.2, 0.25) is 0 Å². The number of carbonyl (C=O) groups excluding carboxylic acids is 2. The number of nitrogens with one attached hydrogen (secondary N) is 3. The van der Waals surface area contributed by atoms with Crippen LogP contribution >= 0.6 is 0 Å². The van der Waals surface area contributed by atoms with Crippen molar-refractivity contribution in [2.45, 2.75) is 58.1 Å². The summed E-state index contributed by atoms with van der Waals surface area (Å²) in [6.07, 6.45) is -4.47. The van der Waals surface area contributed by atoms with Gasteiger partial charge in [-0.1, -0.05) is 25.8 Å². The second-order valence-electron chi connectivity index (χ2n) is 6.13. The number of hydrogen-bond acceptors (Lipinski definition) is 4. The number of ether oxygens (including phenoxy) is 1. The Kier molecular flexibility index (Phi) is 6.47. The van der Waals surface area contributed by atoms with Gasteiger partial charge in [0.15, 0.2) is 6.10 Å². The number of hydrogen-bond donors (Lipinski definition) is 3. The zero-order valence-electron chi connectivity index (χ0n) is 14.6. The third kappa shape index (κ3) is 5.35. The van der Waals surface area contributed by atoms with Gasteiger partial charge in [-0.2, -0.15) is 13.2 Å². The smallest absolute Gasteiger partial charge is 0.471 e. The van der Waals surface area contributed by atoms with E-state index >= 15 is 0 Å². The molecular formula is C17H22F3N3O3. The van der Waals surface area contributed by atoms with E-state index in [0.717, 1.165) is 12.0 Å². The molecule has 1 aliphatic heterocycles. The maximum absolute atomic E-state index is 12.5. The molecule has 6 nitrogen and oxygen atoms in total. The molecule has 2 rings (SSSR count). The summed E-state index contributed by atoms with van der Waals surface area (Å²) in [5.41, 5.74) is 1.25. The molecule has 0 spiro atoms. The first-order chi connectivity index (χ1) is 12.2. The van der Waals surface area contributed by atoms with Crippen molar-refractivity contribution in [2.75, 3.05) is 5.32 Å². The van der Waals surface area contributed by atoms with Gasteiger partial charge in [0.2, 0.25) is 0 Å². The zero-order valence-corrected chi connectivity index (χ0v) is 14.6. The quantitative estimate of drug-likeness (QED) is 0.642. The van der Waals surface area contributed by atoms with Gasteiger partial charge in [-0.05, 0) is 31.0 Å². The Morgan fingerprint density at radius 1 is 1.38 bits per heavy atom. The Balaban J connectivity index is 2.00. The monoisotopic (exact) mass is 373 g/mol. The van der Waals surface area contributed by atoms with Gasteiger partial charge < -0.3 is 15.4 Å². The Hall–Kier alpha value is -2.29. The molecule has 1 aromatic rings.